The van der Waals surface area contributed by atoms with Crippen LogP contribution in [0, 0.1) is 5.92 Å². The number of ether oxygens (including phenoxy) is 1. The summed E-state index contributed by atoms with van der Waals surface area (Å²) >= 11 is 0. The number of carboxylic acid groups (broad SMARTS) is 1. The highest BCUT2D eigenvalue weighted by Gasteiger charge is 2.32. The Hall–Kier alpha value is -1.10. The molecule has 80 valence electrons. The minimum absolute atomic E-state index is 0.0528. The summed E-state index contributed by atoms with van der Waals surface area (Å²) in [5.74, 6) is -1.15. The minimum atomic E-state index is -0.996. The summed E-state index contributed by atoms with van der Waals surface area (Å²) in [6, 6.07) is -0.648. The van der Waals surface area contributed by atoms with Crippen molar-refractivity contribution in [2.75, 3.05) is 6.61 Å². The third-order valence-corrected chi connectivity index (χ3v) is 2.29. The van der Waals surface area contributed by atoms with Crippen LogP contribution in [0.25, 0.3) is 0 Å². The van der Waals surface area contributed by atoms with Crippen LogP contribution >= 0.6 is 0 Å². The van der Waals surface area contributed by atoms with E-state index in [1.165, 1.54) is 0 Å². The Bertz CT molecular complexity index is 239. The molecule has 5 nitrogen and oxygen atoms in total. The van der Waals surface area contributed by atoms with E-state index >= 15 is 0 Å². The van der Waals surface area contributed by atoms with Crippen LogP contribution in [0.2, 0.25) is 0 Å². The molecule has 1 heterocycles. The quantitative estimate of drug-likeness (QED) is 0.629. The van der Waals surface area contributed by atoms with Crippen LogP contribution in [0.3, 0.4) is 0 Å². The number of cyclic esters (lactones) is 1. The molecule has 0 aromatic carbocycles. The van der Waals surface area contributed by atoms with Gasteiger partial charge in [0.1, 0.15) is 12.6 Å². The first-order valence-electron chi connectivity index (χ1n) is 4.65. The average Bonchev–Trinajstić information content (AvgIpc) is 2.07. The number of aliphatic carboxylic acids is 1. The molecule has 1 fully saturated rings. The lowest BCUT2D eigenvalue weighted by Crippen LogP contribution is -2.54. The zero-order chi connectivity index (χ0) is 10.7. The Kier molecular flexibility index (Phi) is 3.46. The first-order valence-corrected chi connectivity index (χ1v) is 4.65. The third kappa shape index (κ3) is 2.70. The van der Waals surface area contributed by atoms with Crippen LogP contribution in [0.4, 0.5) is 0 Å². The SMILES string of the molecule is CC(C)C1COC(=O)C(CC(=O)O)N1. The van der Waals surface area contributed by atoms with E-state index in [-0.39, 0.29) is 12.5 Å². The highest BCUT2D eigenvalue weighted by atomic mass is 16.5. The molecule has 1 aliphatic heterocycles. The second-order valence-electron chi connectivity index (χ2n) is 3.80. The monoisotopic (exact) mass is 201 g/mol. The third-order valence-electron chi connectivity index (χ3n) is 2.29. The van der Waals surface area contributed by atoms with Crippen molar-refractivity contribution in [3.05, 3.63) is 0 Å². The van der Waals surface area contributed by atoms with Gasteiger partial charge in [0, 0.05) is 6.04 Å². The van der Waals surface area contributed by atoms with Gasteiger partial charge in [-0.3, -0.25) is 14.9 Å². The van der Waals surface area contributed by atoms with Gasteiger partial charge in [0.25, 0.3) is 0 Å². The van der Waals surface area contributed by atoms with Crippen LogP contribution in [0.1, 0.15) is 20.3 Å². The highest BCUT2D eigenvalue weighted by molar-refractivity contribution is 5.82. The lowest BCUT2D eigenvalue weighted by atomic mass is 10.0. The van der Waals surface area contributed by atoms with Gasteiger partial charge in [-0.15, -0.1) is 0 Å². The average molecular weight is 201 g/mol. The molecule has 0 spiro atoms. The van der Waals surface area contributed by atoms with Crippen molar-refractivity contribution in [3.8, 4) is 0 Å². The second-order valence-corrected chi connectivity index (χ2v) is 3.80. The van der Waals surface area contributed by atoms with Crippen molar-refractivity contribution in [2.24, 2.45) is 5.92 Å². The molecule has 0 aromatic rings. The van der Waals surface area contributed by atoms with Crippen LogP contribution in [0.5, 0.6) is 0 Å². The van der Waals surface area contributed by atoms with Crippen LogP contribution in [-0.4, -0.2) is 35.7 Å². The fraction of sp³-hybridized carbons (Fsp3) is 0.778. The van der Waals surface area contributed by atoms with Crippen molar-refractivity contribution >= 4 is 11.9 Å². The number of hydrogen-bond acceptors (Lipinski definition) is 4. The minimum Gasteiger partial charge on any atom is -0.481 e. The number of morpholine rings is 1. The van der Waals surface area contributed by atoms with Crippen molar-refractivity contribution in [2.45, 2.75) is 32.4 Å². The van der Waals surface area contributed by atoms with Gasteiger partial charge in [-0.05, 0) is 5.92 Å². The molecule has 0 radical (unpaired) electrons. The Labute approximate surface area is 82.4 Å². The number of carbonyl (C=O) groups excluding carboxylic acids is 1. The van der Waals surface area contributed by atoms with E-state index in [2.05, 4.69) is 5.32 Å². The molecule has 5 heteroatoms. The zero-order valence-electron chi connectivity index (χ0n) is 8.32. The van der Waals surface area contributed by atoms with E-state index in [9.17, 15) is 9.59 Å². The molecule has 1 saturated heterocycles. The van der Waals surface area contributed by atoms with E-state index in [0.29, 0.717) is 12.5 Å². The maximum Gasteiger partial charge on any atom is 0.323 e. The summed E-state index contributed by atoms with van der Waals surface area (Å²) in [5.41, 5.74) is 0. The summed E-state index contributed by atoms with van der Waals surface area (Å²) < 4.78 is 4.90. The van der Waals surface area contributed by atoms with E-state index in [1.54, 1.807) is 0 Å². The fourth-order valence-electron chi connectivity index (χ4n) is 1.35. The molecule has 2 unspecified atom stereocenters. The molecule has 1 aliphatic rings. The number of nitrogens with one attached hydrogen (secondary N) is 1. The molecule has 14 heavy (non-hydrogen) atoms. The fourth-order valence-corrected chi connectivity index (χ4v) is 1.35. The molecule has 0 amide bonds. The molecular weight excluding hydrogens is 186 g/mol. The highest BCUT2D eigenvalue weighted by Crippen LogP contribution is 2.11. The molecule has 0 aromatic heterocycles. The molecule has 2 atom stereocenters. The Morgan fingerprint density at radius 1 is 1.71 bits per heavy atom. The molecule has 2 N–H and O–H groups in total. The van der Waals surface area contributed by atoms with Gasteiger partial charge in [0.2, 0.25) is 0 Å². The standard InChI is InChI=1S/C9H15NO4/c1-5(2)7-4-14-9(13)6(10-7)3-8(11)12/h5-7,10H,3-4H2,1-2H3,(H,11,12). The van der Waals surface area contributed by atoms with Gasteiger partial charge in [-0.25, -0.2) is 0 Å². The summed E-state index contributed by atoms with van der Waals surface area (Å²) in [6.45, 7) is 4.32. The van der Waals surface area contributed by atoms with Gasteiger partial charge in [-0.1, -0.05) is 13.8 Å². The van der Waals surface area contributed by atoms with Gasteiger partial charge in [0.05, 0.1) is 6.42 Å². The maximum absolute atomic E-state index is 11.1. The van der Waals surface area contributed by atoms with Crippen molar-refractivity contribution in [1.82, 2.24) is 5.32 Å². The van der Waals surface area contributed by atoms with Crippen LogP contribution < -0.4 is 5.32 Å². The number of rotatable bonds is 3. The van der Waals surface area contributed by atoms with Crippen LogP contribution in [-0.2, 0) is 14.3 Å². The molecule has 0 saturated carbocycles. The topological polar surface area (TPSA) is 75.6 Å². The maximum atomic E-state index is 11.1. The largest absolute Gasteiger partial charge is 0.481 e. The lowest BCUT2D eigenvalue weighted by Gasteiger charge is -2.31. The van der Waals surface area contributed by atoms with Gasteiger partial charge >= 0.3 is 11.9 Å². The predicted octanol–water partition coefficient (Wildman–Crippen LogP) is 0.000700. The predicted molar refractivity (Wildman–Crippen MR) is 48.8 cm³/mol. The summed E-state index contributed by atoms with van der Waals surface area (Å²) in [6.07, 6.45) is -0.220. The van der Waals surface area contributed by atoms with Crippen LogP contribution in [0.15, 0.2) is 0 Å². The van der Waals surface area contributed by atoms with Crippen molar-refractivity contribution in [1.29, 1.82) is 0 Å². The van der Waals surface area contributed by atoms with Crippen molar-refractivity contribution in [3.63, 3.8) is 0 Å². The summed E-state index contributed by atoms with van der Waals surface area (Å²) in [5, 5.41) is 11.5. The van der Waals surface area contributed by atoms with Gasteiger partial charge < -0.3 is 9.84 Å². The van der Waals surface area contributed by atoms with Crippen molar-refractivity contribution < 1.29 is 19.4 Å². The number of carboxylic acids is 1. The second kappa shape index (κ2) is 4.41. The number of esters is 1. The Morgan fingerprint density at radius 2 is 2.36 bits per heavy atom. The van der Waals surface area contributed by atoms with E-state index in [0.717, 1.165) is 0 Å². The normalized spacial score (nSPS) is 27.5. The molecule has 1 rings (SSSR count). The molecular formula is C9H15NO4. The Morgan fingerprint density at radius 3 is 2.86 bits per heavy atom. The zero-order valence-corrected chi connectivity index (χ0v) is 8.32. The summed E-state index contributed by atoms with van der Waals surface area (Å²) in [7, 11) is 0. The molecule has 0 aliphatic carbocycles. The first-order chi connectivity index (χ1) is 6.50. The lowest BCUT2D eigenvalue weighted by molar-refractivity contribution is -0.156. The number of carbonyl (C=O) groups is 2. The van der Waals surface area contributed by atoms with Gasteiger partial charge in [-0.2, -0.15) is 0 Å². The van der Waals surface area contributed by atoms with Gasteiger partial charge in [0.15, 0.2) is 0 Å². The smallest absolute Gasteiger partial charge is 0.323 e. The first kappa shape index (κ1) is 11.0. The molecule has 0 bridgehead atoms. The van der Waals surface area contributed by atoms with E-state index in [1.807, 2.05) is 13.8 Å². The number of hydrogen-bond donors (Lipinski definition) is 2. The Balaban J connectivity index is 2.55. The van der Waals surface area contributed by atoms with E-state index < -0.39 is 18.0 Å². The summed E-state index contributed by atoms with van der Waals surface area (Å²) in [4.78, 5) is 21.6. The van der Waals surface area contributed by atoms with E-state index in [4.69, 9.17) is 9.84 Å².